The summed E-state index contributed by atoms with van der Waals surface area (Å²) in [6.07, 6.45) is 3.93. The molecule has 2 rings (SSSR count). The average Bonchev–Trinajstić information content (AvgIpc) is 3.18. The Kier molecular flexibility index (Phi) is 5.22. The first-order valence-electron chi connectivity index (χ1n) is 7.59. The highest BCUT2D eigenvalue weighted by molar-refractivity contribution is 7.09. The van der Waals surface area contributed by atoms with E-state index in [1.807, 2.05) is 26.2 Å². The van der Waals surface area contributed by atoms with E-state index in [-0.39, 0.29) is 18.7 Å². The highest BCUT2D eigenvalue weighted by atomic mass is 32.1. The van der Waals surface area contributed by atoms with Gasteiger partial charge in [0.2, 0.25) is 0 Å². The molecule has 5 nitrogen and oxygen atoms in total. The van der Waals surface area contributed by atoms with Crippen molar-refractivity contribution in [1.82, 2.24) is 15.6 Å². The minimum atomic E-state index is -0.564. The van der Waals surface area contributed by atoms with Gasteiger partial charge < -0.3 is 15.7 Å². The number of urea groups is 1. The third-order valence-electron chi connectivity index (χ3n) is 3.85. The van der Waals surface area contributed by atoms with Gasteiger partial charge in [0.15, 0.2) is 0 Å². The van der Waals surface area contributed by atoms with Crippen LogP contribution in [0, 0.1) is 12.8 Å². The summed E-state index contributed by atoms with van der Waals surface area (Å²) < 4.78 is 0. The second-order valence-electron chi connectivity index (χ2n) is 6.21. The van der Waals surface area contributed by atoms with Crippen LogP contribution in [0.4, 0.5) is 4.79 Å². The van der Waals surface area contributed by atoms with Crippen molar-refractivity contribution >= 4 is 17.4 Å². The molecule has 2 unspecified atom stereocenters. The van der Waals surface area contributed by atoms with Gasteiger partial charge >= 0.3 is 6.03 Å². The molecule has 1 heterocycles. The number of aliphatic hydroxyl groups excluding tert-OH is 1. The van der Waals surface area contributed by atoms with Gasteiger partial charge in [-0.15, -0.1) is 11.3 Å². The molecule has 1 aliphatic rings. The molecule has 1 fully saturated rings. The van der Waals surface area contributed by atoms with Gasteiger partial charge in [-0.05, 0) is 39.0 Å². The van der Waals surface area contributed by atoms with Crippen molar-refractivity contribution in [2.45, 2.75) is 58.0 Å². The van der Waals surface area contributed by atoms with E-state index in [9.17, 15) is 9.90 Å². The van der Waals surface area contributed by atoms with E-state index in [2.05, 4.69) is 15.6 Å². The molecular weight excluding hydrogens is 286 g/mol. The van der Waals surface area contributed by atoms with Crippen LogP contribution in [0.1, 0.15) is 56.3 Å². The summed E-state index contributed by atoms with van der Waals surface area (Å²) in [6, 6.07) is -0.224. The van der Waals surface area contributed by atoms with Gasteiger partial charge in [-0.3, -0.25) is 0 Å². The van der Waals surface area contributed by atoms with Gasteiger partial charge in [-0.2, -0.15) is 0 Å². The van der Waals surface area contributed by atoms with Crippen molar-refractivity contribution in [2.75, 3.05) is 6.61 Å². The van der Waals surface area contributed by atoms with Crippen molar-refractivity contribution in [3.63, 3.8) is 0 Å². The maximum absolute atomic E-state index is 12.3. The number of nitrogens with zero attached hydrogens (tertiary/aromatic N) is 1. The Morgan fingerprint density at radius 1 is 1.62 bits per heavy atom. The largest absolute Gasteiger partial charge is 0.394 e. The number of hydrogen-bond acceptors (Lipinski definition) is 4. The summed E-state index contributed by atoms with van der Waals surface area (Å²) in [5.41, 5.74) is 0.431. The lowest BCUT2D eigenvalue weighted by molar-refractivity contribution is 0.161. The van der Waals surface area contributed by atoms with E-state index in [4.69, 9.17) is 0 Å². The van der Waals surface area contributed by atoms with Crippen LogP contribution in [-0.4, -0.2) is 28.3 Å². The van der Waals surface area contributed by atoms with E-state index in [1.54, 1.807) is 11.3 Å². The molecule has 0 aliphatic heterocycles. The number of carbonyl (C=O) groups is 1. The summed E-state index contributed by atoms with van der Waals surface area (Å²) in [6.45, 7) is 5.82. The smallest absolute Gasteiger partial charge is 0.315 e. The molecule has 0 aromatic carbocycles. The number of aliphatic hydroxyl groups is 1. The molecule has 0 radical (unpaired) electrons. The van der Waals surface area contributed by atoms with Crippen molar-refractivity contribution in [1.29, 1.82) is 0 Å². The fourth-order valence-corrected chi connectivity index (χ4v) is 3.45. The molecule has 1 aliphatic carbocycles. The number of nitrogens with one attached hydrogen (secondary N) is 2. The number of thiazole rings is 1. The van der Waals surface area contributed by atoms with Gasteiger partial charge in [0.25, 0.3) is 0 Å². The van der Waals surface area contributed by atoms with Crippen molar-refractivity contribution in [3.8, 4) is 0 Å². The molecule has 1 saturated carbocycles. The lowest BCUT2D eigenvalue weighted by Crippen LogP contribution is -2.53. The Labute approximate surface area is 130 Å². The van der Waals surface area contributed by atoms with E-state index < -0.39 is 5.54 Å². The molecule has 1 aromatic rings. The van der Waals surface area contributed by atoms with Crippen LogP contribution >= 0.6 is 11.3 Å². The fourth-order valence-electron chi connectivity index (χ4n) is 2.51. The number of carbonyl (C=O) groups excluding carboxylic acids is 1. The quantitative estimate of drug-likeness (QED) is 0.725. The van der Waals surface area contributed by atoms with Gasteiger partial charge in [-0.1, -0.05) is 13.3 Å². The molecule has 3 N–H and O–H groups in total. The summed E-state index contributed by atoms with van der Waals surface area (Å²) in [5.74, 6) is 0.493. The molecule has 2 amide bonds. The highest BCUT2D eigenvalue weighted by Gasteiger charge is 2.36. The fraction of sp³-hybridized carbons (Fsp3) is 0.733. The maximum Gasteiger partial charge on any atom is 0.315 e. The summed E-state index contributed by atoms with van der Waals surface area (Å²) in [7, 11) is 0. The van der Waals surface area contributed by atoms with Gasteiger partial charge in [0, 0.05) is 11.1 Å². The van der Waals surface area contributed by atoms with Crippen LogP contribution in [0.25, 0.3) is 0 Å². The molecular formula is C15H25N3O2S. The van der Waals surface area contributed by atoms with E-state index >= 15 is 0 Å². The molecule has 6 heteroatoms. The number of amides is 2. The Bertz CT molecular complexity index is 487. The summed E-state index contributed by atoms with van der Waals surface area (Å²) in [4.78, 5) is 16.8. The van der Waals surface area contributed by atoms with Gasteiger partial charge in [0.1, 0.15) is 5.01 Å². The summed E-state index contributed by atoms with van der Waals surface area (Å²) >= 11 is 1.60. The zero-order chi connectivity index (χ0) is 15.5. The lowest BCUT2D eigenvalue weighted by Gasteiger charge is -2.29. The van der Waals surface area contributed by atoms with Crippen molar-refractivity contribution in [3.05, 3.63) is 16.1 Å². The Morgan fingerprint density at radius 3 is 2.81 bits per heavy atom. The van der Waals surface area contributed by atoms with Crippen LogP contribution in [0.5, 0.6) is 0 Å². The van der Waals surface area contributed by atoms with Gasteiger partial charge in [-0.25, -0.2) is 9.78 Å². The zero-order valence-electron chi connectivity index (χ0n) is 13.0. The Hall–Kier alpha value is -1.14. The van der Waals surface area contributed by atoms with Gasteiger partial charge in [0.05, 0.1) is 18.2 Å². The lowest BCUT2D eigenvalue weighted by atomic mass is 9.97. The van der Waals surface area contributed by atoms with E-state index in [0.717, 1.165) is 36.4 Å². The average molecular weight is 311 g/mol. The SMILES string of the molecule is CCCC(C)(CO)NC(=O)NC(c1nc(C)cs1)C1CC1. The number of hydrogen-bond donors (Lipinski definition) is 3. The molecule has 21 heavy (non-hydrogen) atoms. The molecule has 1 aromatic heterocycles. The van der Waals surface area contributed by atoms with Crippen LogP contribution in [-0.2, 0) is 0 Å². The first-order chi connectivity index (χ1) is 9.97. The number of rotatable bonds is 7. The predicted molar refractivity (Wildman–Crippen MR) is 84.4 cm³/mol. The number of aromatic nitrogens is 1. The Morgan fingerprint density at radius 2 is 2.33 bits per heavy atom. The van der Waals surface area contributed by atoms with Crippen LogP contribution in [0.15, 0.2) is 5.38 Å². The topological polar surface area (TPSA) is 74.2 Å². The predicted octanol–water partition coefficient (Wildman–Crippen LogP) is 2.75. The monoisotopic (exact) mass is 311 g/mol. The third kappa shape index (κ3) is 4.41. The summed E-state index contributed by atoms with van der Waals surface area (Å²) in [5, 5.41) is 18.4. The van der Waals surface area contributed by atoms with Crippen LogP contribution in [0.2, 0.25) is 0 Å². The molecule has 0 spiro atoms. The van der Waals surface area contributed by atoms with Crippen molar-refractivity contribution < 1.29 is 9.90 Å². The van der Waals surface area contributed by atoms with Crippen molar-refractivity contribution in [2.24, 2.45) is 5.92 Å². The minimum absolute atomic E-state index is 0.00623. The van der Waals surface area contributed by atoms with Crippen LogP contribution < -0.4 is 10.6 Å². The Balaban J connectivity index is 1.99. The minimum Gasteiger partial charge on any atom is -0.394 e. The molecule has 0 saturated heterocycles. The van der Waals surface area contributed by atoms with Crippen LogP contribution in [0.3, 0.4) is 0 Å². The first-order valence-corrected chi connectivity index (χ1v) is 8.47. The molecule has 0 bridgehead atoms. The highest BCUT2D eigenvalue weighted by Crippen LogP contribution is 2.41. The molecule has 2 atom stereocenters. The second-order valence-corrected chi connectivity index (χ2v) is 7.10. The second kappa shape index (κ2) is 6.75. The molecule has 118 valence electrons. The third-order valence-corrected chi connectivity index (χ3v) is 4.89. The normalized spacial score (nSPS) is 18.9. The van der Waals surface area contributed by atoms with E-state index in [1.165, 1.54) is 0 Å². The maximum atomic E-state index is 12.3. The standard InChI is InChI=1S/C15H25N3O2S/c1-4-7-15(3,9-19)18-14(20)17-12(11-5-6-11)13-16-10(2)8-21-13/h8,11-12,19H,4-7,9H2,1-3H3,(H2,17,18,20). The number of aryl methyl sites for hydroxylation is 1. The zero-order valence-corrected chi connectivity index (χ0v) is 13.8. The van der Waals surface area contributed by atoms with E-state index in [0.29, 0.717) is 5.92 Å². The first kappa shape index (κ1) is 16.2.